The number of benzene rings is 1. The fraction of sp³-hybridized carbons (Fsp3) is 0.231. The minimum Gasteiger partial charge on any atom is -0.476 e. The van der Waals surface area contributed by atoms with Crippen LogP contribution in [0.1, 0.15) is 23.0 Å². The maximum Gasteiger partial charge on any atom is 0.355 e. The zero-order valence-electron chi connectivity index (χ0n) is 10.9. The van der Waals surface area contributed by atoms with Crippen LogP contribution in [0.4, 0.5) is 5.69 Å². The summed E-state index contributed by atoms with van der Waals surface area (Å²) in [5.41, 5.74) is 1.61. The Bertz CT molecular complexity index is 636. The van der Waals surface area contributed by atoms with E-state index >= 15 is 0 Å². The van der Waals surface area contributed by atoms with Gasteiger partial charge in [0.1, 0.15) is 6.54 Å². The van der Waals surface area contributed by atoms with Crippen LogP contribution in [0.25, 0.3) is 0 Å². The van der Waals surface area contributed by atoms with Gasteiger partial charge in [-0.25, -0.2) is 9.48 Å². The Balaban J connectivity index is 2.09. The van der Waals surface area contributed by atoms with Crippen LogP contribution in [0, 0.1) is 0 Å². The van der Waals surface area contributed by atoms with E-state index in [0.29, 0.717) is 0 Å². The standard InChI is InChI=1S/C13H14N4O3/c1-2-9-5-3-4-6-10(9)15-12(18)8-17-11(13(19)20)7-14-16-17/h3-7H,2,8H2,1H3,(H,15,18)(H,19,20). The molecule has 0 fully saturated rings. The number of rotatable bonds is 5. The third-order valence-electron chi connectivity index (χ3n) is 2.80. The lowest BCUT2D eigenvalue weighted by molar-refractivity contribution is -0.116. The van der Waals surface area contributed by atoms with E-state index in [1.54, 1.807) is 6.07 Å². The largest absolute Gasteiger partial charge is 0.476 e. The van der Waals surface area contributed by atoms with E-state index in [1.165, 1.54) is 0 Å². The quantitative estimate of drug-likeness (QED) is 0.853. The van der Waals surface area contributed by atoms with Crippen LogP contribution in [0.2, 0.25) is 0 Å². The summed E-state index contributed by atoms with van der Waals surface area (Å²) >= 11 is 0. The van der Waals surface area contributed by atoms with Crippen LogP contribution in [0.3, 0.4) is 0 Å². The Kier molecular flexibility index (Phi) is 4.09. The molecular weight excluding hydrogens is 260 g/mol. The van der Waals surface area contributed by atoms with Gasteiger partial charge in [-0.2, -0.15) is 0 Å². The van der Waals surface area contributed by atoms with Gasteiger partial charge in [-0.1, -0.05) is 30.3 Å². The first-order valence-electron chi connectivity index (χ1n) is 6.11. The van der Waals surface area contributed by atoms with E-state index in [0.717, 1.165) is 28.6 Å². The molecule has 0 aliphatic heterocycles. The summed E-state index contributed by atoms with van der Waals surface area (Å²) in [4.78, 5) is 22.8. The number of aromatic nitrogens is 3. The van der Waals surface area contributed by atoms with Crippen molar-refractivity contribution >= 4 is 17.6 Å². The molecule has 104 valence electrons. The number of anilines is 1. The van der Waals surface area contributed by atoms with E-state index in [1.807, 2.05) is 25.1 Å². The van der Waals surface area contributed by atoms with Crippen molar-refractivity contribution in [2.75, 3.05) is 5.32 Å². The minimum absolute atomic E-state index is 0.121. The molecule has 1 heterocycles. The Morgan fingerprint density at radius 3 is 2.80 bits per heavy atom. The van der Waals surface area contributed by atoms with Gasteiger partial charge in [0, 0.05) is 5.69 Å². The summed E-state index contributed by atoms with van der Waals surface area (Å²) in [6.45, 7) is 1.80. The normalized spacial score (nSPS) is 10.2. The summed E-state index contributed by atoms with van der Waals surface area (Å²) in [7, 11) is 0. The lowest BCUT2D eigenvalue weighted by atomic mass is 10.1. The summed E-state index contributed by atoms with van der Waals surface area (Å²) < 4.78 is 1.05. The van der Waals surface area contributed by atoms with Gasteiger partial charge in [0.15, 0.2) is 5.69 Å². The number of amides is 1. The second-order valence-electron chi connectivity index (χ2n) is 4.14. The summed E-state index contributed by atoms with van der Waals surface area (Å²) in [5, 5.41) is 18.7. The average molecular weight is 274 g/mol. The minimum atomic E-state index is -1.17. The summed E-state index contributed by atoms with van der Waals surface area (Å²) in [5.74, 6) is -1.52. The average Bonchev–Trinajstić information content (AvgIpc) is 2.87. The number of hydrogen-bond acceptors (Lipinski definition) is 4. The van der Waals surface area contributed by atoms with Gasteiger partial charge in [0.2, 0.25) is 5.91 Å². The Morgan fingerprint density at radius 1 is 1.35 bits per heavy atom. The van der Waals surface area contributed by atoms with Crippen LogP contribution >= 0.6 is 0 Å². The van der Waals surface area contributed by atoms with E-state index < -0.39 is 5.97 Å². The molecule has 0 bridgehead atoms. The van der Waals surface area contributed by atoms with Gasteiger partial charge < -0.3 is 10.4 Å². The van der Waals surface area contributed by atoms with Crippen molar-refractivity contribution in [1.82, 2.24) is 15.0 Å². The van der Waals surface area contributed by atoms with Crippen molar-refractivity contribution in [2.45, 2.75) is 19.9 Å². The first-order valence-corrected chi connectivity index (χ1v) is 6.11. The second kappa shape index (κ2) is 5.96. The Labute approximate surface area is 115 Å². The lowest BCUT2D eigenvalue weighted by Gasteiger charge is -2.09. The maximum atomic E-state index is 11.9. The zero-order chi connectivity index (χ0) is 14.5. The molecule has 0 saturated carbocycles. The number of carboxylic acids is 1. The molecule has 2 rings (SSSR count). The van der Waals surface area contributed by atoms with E-state index in [9.17, 15) is 9.59 Å². The van der Waals surface area contributed by atoms with Crippen molar-refractivity contribution in [3.05, 3.63) is 41.7 Å². The summed E-state index contributed by atoms with van der Waals surface area (Å²) in [6, 6.07) is 7.45. The van der Waals surface area contributed by atoms with E-state index in [2.05, 4.69) is 15.6 Å². The number of nitrogens with zero attached hydrogens (tertiary/aromatic N) is 3. The van der Waals surface area contributed by atoms with Gasteiger partial charge in [0.25, 0.3) is 0 Å². The number of nitrogens with one attached hydrogen (secondary N) is 1. The van der Waals surface area contributed by atoms with Gasteiger partial charge >= 0.3 is 5.97 Å². The van der Waals surface area contributed by atoms with Crippen LogP contribution in [-0.2, 0) is 17.8 Å². The molecule has 7 nitrogen and oxygen atoms in total. The van der Waals surface area contributed by atoms with Gasteiger partial charge in [-0.15, -0.1) is 5.10 Å². The highest BCUT2D eigenvalue weighted by Gasteiger charge is 2.14. The van der Waals surface area contributed by atoms with Crippen molar-refractivity contribution < 1.29 is 14.7 Å². The predicted molar refractivity (Wildman–Crippen MR) is 71.4 cm³/mol. The second-order valence-corrected chi connectivity index (χ2v) is 4.14. The number of para-hydroxylation sites is 1. The Morgan fingerprint density at radius 2 is 2.10 bits per heavy atom. The first kappa shape index (κ1) is 13.7. The third kappa shape index (κ3) is 3.00. The van der Waals surface area contributed by atoms with Crippen LogP contribution in [0.15, 0.2) is 30.5 Å². The molecule has 0 unspecified atom stereocenters. The maximum absolute atomic E-state index is 11.9. The lowest BCUT2D eigenvalue weighted by Crippen LogP contribution is -2.22. The van der Waals surface area contributed by atoms with E-state index in [4.69, 9.17) is 5.11 Å². The van der Waals surface area contributed by atoms with Gasteiger partial charge in [0.05, 0.1) is 6.20 Å². The van der Waals surface area contributed by atoms with Crippen molar-refractivity contribution in [3.8, 4) is 0 Å². The number of hydrogen-bond donors (Lipinski definition) is 2. The molecule has 2 N–H and O–H groups in total. The van der Waals surface area contributed by atoms with Crippen LogP contribution in [-0.4, -0.2) is 32.0 Å². The molecular formula is C13H14N4O3. The highest BCUT2D eigenvalue weighted by Crippen LogP contribution is 2.15. The van der Waals surface area contributed by atoms with E-state index in [-0.39, 0.29) is 18.1 Å². The van der Waals surface area contributed by atoms with Crippen LogP contribution < -0.4 is 5.32 Å². The predicted octanol–water partition coefficient (Wildman–Crippen LogP) is 1.18. The number of carboxylic acid groups (broad SMARTS) is 1. The monoisotopic (exact) mass is 274 g/mol. The molecule has 1 aromatic carbocycles. The topological polar surface area (TPSA) is 97.1 Å². The number of aryl methyl sites for hydroxylation is 1. The molecule has 1 amide bonds. The smallest absolute Gasteiger partial charge is 0.355 e. The fourth-order valence-electron chi connectivity index (χ4n) is 1.82. The highest BCUT2D eigenvalue weighted by atomic mass is 16.4. The van der Waals surface area contributed by atoms with Crippen LogP contribution in [0.5, 0.6) is 0 Å². The number of aromatic carboxylic acids is 1. The molecule has 0 aliphatic carbocycles. The Hall–Kier alpha value is -2.70. The van der Waals surface area contributed by atoms with Crippen molar-refractivity contribution in [1.29, 1.82) is 0 Å². The molecule has 1 aromatic heterocycles. The zero-order valence-corrected chi connectivity index (χ0v) is 10.9. The molecule has 7 heteroatoms. The summed E-state index contributed by atoms with van der Waals surface area (Å²) in [6.07, 6.45) is 1.90. The molecule has 2 aromatic rings. The molecule has 0 aliphatic rings. The number of carbonyl (C=O) groups excluding carboxylic acids is 1. The molecule has 20 heavy (non-hydrogen) atoms. The van der Waals surface area contributed by atoms with Crippen molar-refractivity contribution in [2.24, 2.45) is 0 Å². The molecule has 0 saturated heterocycles. The molecule has 0 spiro atoms. The van der Waals surface area contributed by atoms with Gasteiger partial charge in [-0.05, 0) is 18.1 Å². The third-order valence-corrected chi connectivity index (χ3v) is 2.80. The molecule has 0 atom stereocenters. The first-order chi connectivity index (χ1) is 9.61. The molecule has 0 radical (unpaired) electrons. The van der Waals surface area contributed by atoms with Gasteiger partial charge in [-0.3, -0.25) is 4.79 Å². The number of carbonyl (C=O) groups is 2. The van der Waals surface area contributed by atoms with Crippen molar-refractivity contribution in [3.63, 3.8) is 0 Å². The SMILES string of the molecule is CCc1ccccc1NC(=O)Cn1nncc1C(=O)O. The fourth-order valence-corrected chi connectivity index (χ4v) is 1.82. The highest BCUT2D eigenvalue weighted by molar-refractivity contribution is 5.92.